The summed E-state index contributed by atoms with van der Waals surface area (Å²) in [5, 5.41) is 1.75. The third kappa shape index (κ3) is 5.75. The van der Waals surface area contributed by atoms with E-state index in [0.717, 1.165) is 6.07 Å². The van der Waals surface area contributed by atoms with Crippen molar-refractivity contribution in [1.82, 2.24) is 10.9 Å². The van der Waals surface area contributed by atoms with Crippen LogP contribution in [0.2, 0.25) is 5.02 Å². The maximum atomic E-state index is 12.7. The average Bonchev–Trinajstić information content (AvgIpc) is 3.28. The van der Waals surface area contributed by atoms with E-state index >= 15 is 0 Å². The van der Waals surface area contributed by atoms with E-state index in [4.69, 9.17) is 16.3 Å². The monoisotopic (exact) mass is 479 g/mol. The van der Waals surface area contributed by atoms with Crippen LogP contribution >= 0.6 is 22.9 Å². The van der Waals surface area contributed by atoms with E-state index in [0.29, 0.717) is 22.9 Å². The maximum Gasteiger partial charge on any atom is 0.279 e. The molecule has 31 heavy (non-hydrogen) atoms. The Kier molecular flexibility index (Phi) is 7.16. The molecule has 162 valence electrons. The number of benzene rings is 2. The summed E-state index contributed by atoms with van der Waals surface area (Å²) in [5.41, 5.74) is 4.71. The summed E-state index contributed by atoms with van der Waals surface area (Å²) in [6, 6.07) is 13.4. The number of nitrogens with one attached hydrogen (secondary N) is 3. The summed E-state index contributed by atoms with van der Waals surface area (Å²) in [6.45, 7) is 2.34. The van der Waals surface area contributed by atoms with Crippen LogP contribution in [0.4, 0.5) is 5.69 Å². The molecule has 0 aliphatic heterocycles. The predicted octanol–water partition coefficient (Wildman–Crippen LogP) is 3.68. The number of halogens is 1. The Bertz CT molecular complexity index is 1180. The second-order valence-corrected chi connectivity index (χ2v) is 9.13. The number of sulfonamides is 1. The summed E-state index contributed by atoms with van der Waals surface area (Å²) in [7, 11) is -3.99. The summed E-state index contributed by atoms with van der Waals surface area (Å²) in [5.74, 6) is -0.645. The zero-order valence-corrected chi connectivity index (χ0v) is 18.6. The van der Waals surface area contributed by atoms with Gasteiger partial charge in [-0.15, -0.1) is 11.3 Å². The molecular weight excluding hydrogens is 462 g/mol. The molecule has 0 aliphatic rings. The van der Waals surface area contributed by atoms with E-state index in [2.05, 4.69) is 15.6 Å². The van der Waals surface area contributed by atoms with Gasteiger partial charge in [-0.25, -0.2) is 8.42 Å². The first kappa shape index (κ1) is 22.6. The number of hydrogen-bond donors (Lipinski definition) is 3. The predicted molar refractivity (Wildman–Crippen MR) is 119 cm³/mol. The molecule has 11 heteroatoms. The van der Waals surface area contributed by atoms with Crippen molar-refractivity contribution in [3.8, 4) is 5.75 Å². The van der Waals surface area contributed by atoms with Gasteiger partial charge in [0.25, 0.3) is 21.8 Å². The maximum absolute atomic E-state index is 12.7. The van der Waals surface area contributed by atoms with Crippen molar-refractivity contribution >= 4 is 50.5 Å². The van der Waals surface area contributed by atoms with Crippen LogP contribution < -0.4 is 20.3 Å². The molecule has 0 fully saturated rings. The van der Waals surface area contributed by atoms with Crippen LogP contribution in [-0.4, -0.2) is 26.8 Å². The molecule has 0 aliphatic carbocycles. The van der Waals surface area contributed by atoms with Crippen molar-refractivity contribution in [2.24, 2.45) is 0 Å². The fourth-order valence-corrected chi connectivity index (χ4v) is 4.40. The van der Waals surface area contributed by atoms with Crippen LogP contribution in [0.1, 0.15) is 27.0 Å². The lowest BCUT2D eigenvalue weighted by atomic mass is 10.2. The molecule has 3 N–H and O–H groups in total. The Morgan fingerprint density at radius 3 is 2.39 bits per heavy atom. The number of hydrogen-bond acceptors (Lipinski definition) is 6. The van der Waals surface area contributed by atoms with Gasteiger partial charge in [-0.1, -0.05) is 17.7 Å². The highest BCUT2D eigenvalue weighted by Gasteiger charge is 2.20. The number of ether oxygens (including phenoxy) is 1. The number of thiophene rings is 1. The van der Waals surface area contributed by atoms with Gasteiger partial charge in [-0.05, 0) is 60.8 Å². The van der Waals surface area contributed by atoms with Crippen molar-refractivity contribution < 1.29 is 22.7 Å². The van der Waals surface area contributed by atoms with E-state index in [-0.39, 0.29) is 15.5 Å². The minimum Gasteiger partial charge on any atom is -0.494 e. The van der Waals surface area contributed by atoms with Crippen LogP contribution in [0, 0.1) is 0 Å². The lowest BCUT2D eigenvalue weighted by molar-refractivity contribution is 0.0849. The number of hydrazine groups is 1. The molecule has 0 bridgehead atoms. The van der Waals surface area contributed by atoms with Gasteiger partial charge < -0.3 is 4.74 Å². The number of rotatable bonds is 7. The Labute approximate surface area is 188 Å². The second kappa shape index (κ2) is 9.82. The molecule has 0 spiro atoms. The van der Waals surface area contributed by atoms with Gasteiger partial charge in [0.2, 0.25) is 0 Å². The first-order chi connectivity index (χ1) is 14.8. The Balaban J connectivity index is 1.74. The Hall–Kier alpha value is -3.08. The third-order valence-electron chi connectivity index (χ3n) is 3.94. The number of carbonyl (C=O) groups excluding carboxylic acids is 2. The van der Waals surface area contributed by atoms with Crippen LogP contribution in [0.25, 0.3) is 0 Å². The zero-order chi connectivity index (χ0) is 22.4. The average molecular weight is 480 g/mol. The van der Waals surface area contributed by atoms with Gasteiger partial charge in [0, 0.05) is 5.69 Å². The van der Waals surface area contributed by atoms with E-state index < -0.39 is 21.8 Å². The smallest absolute Gasteiger partial charge is 0.279 e. The SMILES string of the molecule is CCOc1ccc(NS(=O)(=O)c2ccc(Cl)c(C(=O)NNC(=O)c3cccs3)c2)cc1. The summed E-state index contributed by atoms with van der Waals surface area (Å²) < 4.78 is 33.2. The first-order valence-corrected chi connectivity index (χ1v) is 11.7. The molecule has 0 saturated carbocycles. The quantitative estimate of drug-likeness (QED) is 0.447. The van der Waals surface area contributed by atoms with Crippen molar-refractivity contribution in [1.29, 1.82) is 0 Å². The lowest BCUT2D eigenvalue weighted by Gasteiger charge is -2.12. The molecule has 1 heterocycles. The molecule has 3 rings (SSSR count). The molecule has 0 atom stereocenters. The van der Waals surface area contributed by atoms with E-state index in [1.807, 2.05) is 6.92 Å². The number of anilines is 1. The number of carbonyl (C=O) groups is 2. The summed E-state index contributed by atoms with van der Waals surface area (Å²) >= 11 is 7.27. The van der Waals surface area contributed by atoms with Gasteiger partial charge in [0.15, 0.2) is 0 Å². The van der Waals surface area contributed by atoms with Crippen molar-refractivity contribution in [2.75, 3.05) is 11.3 Å². The third-order valence-corrected chi connectivity index (χ3v) is 6.52. The lowest BCUT2D eigenvalue weighted by Crippen LogP contribution is -2.41. The molecule has 2 amide bonds. The highest BCUT2D eigenvalue weighted by atomic mass is 35.5. The van der Waals surface area contributed by atoms with Crippen molar-refractivity contribution in [3.05, 3.63) is 75.4 Å². The second-order valence-electron chi connectivity index (χ2n) is 6.09. The standard InChI is InChI=1S/C20H18ClN3O5S2/c1-2-29-14-7-5-13(6-8-14)24-31(27,28)15-9-10-17(21)16(12-15)19(25)22-23-20(26)18-4-3-11-30-18/h3-12,24H,2H2,1H3,(H,22,25)(H,23,26). The minimum atomic E-state index is -3.99. The van der Waals surface area contributed by atoms with E-state index in [1.165, 1.54) is 23.5 Å². The largest absolute Gasteiger partial charge is 0.494 e. The number of amides is 2. The van der Waals surface area contributed by atoms with Crippen LogP contribution in [0.3, 0.4) is 0 Å². The minimum absolute atomic E-state index is 0.0305. The molecule has 8 nitrogen and oxygen atoms in total. The molecule has 0 unspecified atom stereocenters. The van der Waals surface area contributed by atoms with Crippen LogP contribution in [-0.2, 0) is 10.0 Å². The Morgan fingerprint density at radius 2 is 1.74 bits per heavy atom. The fourth-order valence-electron chi connectivity index (χ4n) is 2.50. The topological polar surface area (TPSA) is 114 Å². The highest BCUT2D eigenvalue weighted by molar-refractivity contribution is 7.92. The van der Waals surface area contributed by atoms with E-state index in [1.54, 1.807) is 41.8 Å². The summed E-state index contributed by atoms with van der Waals surface area (Å²) in [4.78, 5) is 24.6. The molecule has 0 radical (unpaired) electrons. The summed E-state index contributed by atoms with van der Waals surface area (Å²) in [6.07, 6.45) is 0. The molecule has 1 aromatic heterocycles. The van der Waals surface area contributed by atoms with Crippen LogP contribution in [0.15, 0.2) is 64.9 Å². The van der Waals surface area contributed by atoms with Gasteiger partial charge in [0.1, 0.15) is 5.75 Å². The fraction of sp³-hybridized carbons (Fsp3) is 0.100. The normalized spacial score (nSPS) is 10.9. The van der Waals surface area contributed by atoms with Gasteiger partial charge >= 0.3 is 0 Å². The molecular formula is C20H18ClN3O5S2. The van der Waals surface area contributed by atoms with Gasteiger partial charge in [0.05, 0.1) is 27.0 Å². The molecule has 0 saturated heterocycles. The van der Waals surface area contributed by atoms with Crippen molar-refractivity contribution in [2.45, 2.75) is 11.8 Å². The van der Waals surface area contributed by atoms with E-state index in [9.17, 15) is 18.0 Å². The first-order valence-electron chi connectivity index (χ1n) is 8.99. The van der Waals surface area contributed by atoms with Gasteiger partial charge in [-0.2, -0.15) is 0 Å². The Morgan fingerprint density at radius 1 is 1.03 bits per heavy atom. The van der Waals surface area contributed by atoms with Gasteiger partial charge in [-0.3, -0.25) is 25.2 Å². The zero-order valence-electron chi connectivity index (χ0n) is 16.2. The highest BCUT2D eigenvalue weighted by Crippen LogP contribution is 2.23. The molecule has 2 aromatic carbocycles. The van der Waals surface area contributed by atoms with Crippen molar-refractivity contribution in [3.63, 3.8) is 0 Å². The molecule has 3 aromatic rings. The van der Waals surface area contributed by atoms with Crippen LogP contribution in [0.5, 0.6) is 5.75 Å².